The van der Waals surface area contributed by atoms with Gasteiger partial charge in [0.2, 0.25) is 0 Å². The number of pyridine rings is 1. The first-order valence-corrected chi connectivity index (χ1v) is 7.75. The fourth-order valence-corrected chi connectivity index (χ4v) is 2.48. The van der Waals surface area contributed by atoms with Crippen LogP contribution in [0.2, 0.25) is 0 Å². The van der Waals surface area contributed by atoms with E-state index >= 15 is 0 Å². The number of aromatic nitrogens is 1. The Morgan fingerprint density at radius 1 is 1.28 bits per heavy atom. The van der Waals surface area contributed by atoms with Gasteiger partial charge in [-0.3, -0.25) is 4.98 Å². The molecule has 0 aliphatic carbocycles. The van der Waals surface area contributed by atoms with Crippen molar-refractivity contribution in [2.45, 2.75) is 38.5 Å². The Labute approximate surface area is 110 Å². The highest BCUT2D eigenvalue weighted by Gasteiger charge is 2.28. The van der Waals surface area contributed by atoms with Gasteiger partial charge in [0, 0.05) is 25.0 Å². The van der Waals surface area contributed by atoms with Crippen molar-refractivity contribution in [2.24, 2.45) is 0 Å². The second-order valence-electron chi connectivity index (χ2n) is 5.39. The van der Waals surface area contributed by atoms with E-state index in [1.54, 1.807) is 33.2 Å². The summed E-state index contributed by atoms with van der Waals surface area (Å²) in [5.41, 5.74) is 1.11. The summed E-state index contributed by atoms with van der Waals surface area (Å²) in [6.45, 7) is 7.67. The summed E-state index contributed by atoms with van der Waals surface area (Å²) in [5, 5.41) is 3.22. The molecule has 102 valence electrons. The smallest absolute Gasteiger partial charge is 0.156 e. The van der Waals surface area contributed by atoms with E-state index in [1.165, 1.54) is 0 Å². The standard InChI is InChI=1S/C13H22N2O2S/c1-11(12-5-7-14-8-6-12)15-9-10-18(16,17)13(2,3)4/h5-8,11,15H,9-10H2,1-4H3/t11-/m0/s1. The third-order valence-corrected chi connectivity index (χ3v) is 5.57. The van der Waals surface area contributed by atoms with Crippen molar-refractivity contribution < 1.29 is 8.42 Å². The second-order valence-corrected chi connectivity index (χ2v) is 8.25. The van der Waals surface area contributed by atoms with Crippen molar-refractivity contribution in [2.75, 3.05) is 12.3 Å². The molecule has 0 unspecified atom stereocenters. The molecule has 0 aliphatic rings. The lowest BCUT2D eigenvalue weighted by molar-refractivity contribution is 0.546. The van der Waals surface area contributed by atoms with E-state index in [0.29, 0.717) is 6.54 Å². The van der Waals surface area contributed by atoms with Crippen LogP contribution >= 0.6 is 0 Å². The van der Waals surface area contributed by atoms with Crippen LogP contribution in [-0.2, 0) is 9.84 Å². The highest BCUT2D eigenvalue weighted by Crippen LogP contribution is 2.16. The van der Waals surface area contributed by atoms with Crippen LogP contribution < -0.4 is 5.32 Å². The topological polar surface area (TPSA) is 59.1 Å². The Morgan fingerprint density at radius 2 is 1.83 bits per heavy atom. The van der Waals surface area contributed by atoms with Crippen molar-refractivity contribution in [3.8, 4) is 0 Å². The van der Waals surface area contributed by atoms with E-state index in [9.17, 15) is 8.42 Å². The first-order valence-electron chi connectivity index (χ1n) is 6.09. The van der Waals surface area contributed by atoms with Gasteiger partial charge in [-0.05, 0) is 45.4 Å². The van der Waals surface area contributed by atoms with Crippen LogP contribution in [0.25, 0.3) is 0 Å². The van der Waals surface area contributed by atoms with Gasteiger partial charge in [-0.2, -0.15) is 0 Å². The molecule has 0 aliphatic heterocycles. The zero-order chi connectivity index (χ0) is 13.8. The lowest BCUT2D eigenvalue weighted by Crippen LogP contribution is -2.35. The molecule has 0 radical (unpaired) electrons. The molecule has 0 amide bonds. The van der Waals surface area contributed by atoms with Crippen LogP contribution in [0, 0.1) is 0 Å². The van der Waals surface area contributed by atoms with Gasteiger partial charge in [0.25, 0.3) is 0 Å². The van der Waals surface area contributed by atoms with E-state index in [4.69, 9.17) is 0 Å². The van der Waals surface area contributed by atoms with Crippen LogP contribution in [0.15, 0.2) is 24.5 Å². The lowest BCUT2D eigenvalue weighted by atomic mass is 10.1. The Hall–Kier alpha value is -0.940. The molecule has 0 fully saturated rings. The minimum absolute atomic E-state index is 0.128. The molecule has 0 saturated carbocycles. The summed E-state index contributed by atoms with van der Waals surface area (Å²) in [6.07, 6.45) is 3.47. The van der Waals surface area contributed by atoms with E-state index in [1.807, 2.05) is 19.1 Å². The number of rotatable bonds is 5. The van der Waals surface area contributed by atoms with Crippen LogP contribution in [-0.4, -0.2) is 30.4 Å². The molecule has 0 aromatic carbocycles. The summed E-state index contributed by atoms with van der Waals surface area (Å²) < 4.78 is 23.2. The molecular formula is C13H22N2O2S. The third-order valence-electron chi connectivity index (χ3n) is 2.96. The normalized spacial score (nSPS) is 14.4. The number of nitrogens with zero attached hydrogens (tertiary/aromatic N) is 1. The molecular weight excluding hydrogens is 248 g/mol. The molecule has 1 atom stereocenters. The summed E-state index contributed by atoms with van der Waals surface area (Å²) in [5.74, 6) is 0.159. The van der Waals surface area contributed by atoms with Gasteiger partial charge >= 0.3 is 0 Å². The van der Waals surface area contributed by atoms with Gasteiger partial charge in [0.1, 0.15) is 0 Å². The molecule has 0 spiro atoms. The summed E-state index contributed by atoms with van der Waals surface area (Å²) >= 11 is 0. The largest absolute Gasteiger partial charge is 0.309 e. The summed E-state index contributed by atoms with van der Waals surface area (Å²) in [7, 11) is -3.05. The number of sulfone groups is 1. The Balaban J connectivity index is 2.49. The number of nitrogens with one attached hydrogen (secondary N) is 1. The van der Waals surface area contributed by atoms with Gasteiger partial charge in [-0.1, -0.05) is 0 Å². The Kier molecular flexibility index (Phi) is 4.87. The highest BCUT2D eigenvalue weighted by atomic mass is 32.2. The minimum Gasteiger partial charge on any atom is -0.309 e. The number of hydrogen-bond acceptors (Lipinski definition) is 4. The molecule has 1 heterocycles. The van der Waals surface area contributed by atoms with Crippen molar-refractivity contribution in [3.63, 3.8) is 0 Å². The Bertz CT molecular complexity index is 464. The monoisotopic (exact) mass is 270 g/mol. The molecule has 1 rings (SSSR count). The number of hydrogen-bond donors (Lipinski definition) is 1. The first kappa shape index (κ1) is 15.1. The fraction of sp³-hybridized carbons (Fsp3) is 0.615. The van der Waals surface area contributed by atoms with E-state index in [2.05, 4.69) is 10.3 Å². The van der Waals surface area contributed by atoms with E-state index in [0.717, 1.165) is 5.56 Å². The maximum absolute atomic E-state index is 11.9. The second kappa shape index (κ2) is 5.80. The van der Waals surface area contributed by atoms with Crippen molar-refractivity contribution in [1.29, 1.82) is 0 Å². The molecule has 18 heavy (non-hydrogen) atoms. The molecule has 1 aromatic rings. The molecule has 0 bridgehead atoms. The van der Waals surface area contributed by atoms with Crippen LogP contribution in [0.5, 0.6) is 0 Å². The molecule has 0 saturated heterocycles. The van der Waals surface area contributed by atoms with E-state index < -0.39 is 14.6 Å². The summed E-state index contributed by atoms with van der Waals surface area (Å²) in [6, 6.07) is 3.98. The van der Waals surface area contributed by atoms with Crippen molar-refractivity contribution in [1.82, 2.24) is 10.3 Å². The average molecular weight is 270 g/mol. The first-order chi connectivity index (χ1) is 8.24. The van der Waals surface area contributed by atoms with Gasteiger partial charge in [-0.15, -0.1) is 0 Å². The van der Waals surface area contributed by atoms with Crippen LogP contribution in [0.3, 0.4) is 0 Å². The highest BCUT2D eigenvalue weighted by molar-refractivity contribution is 7.92. The molecule has 1 aromatic heterocycles. The van der Waals surface area contributed by atoms with Crippen LogP contribution in [0.1, 0.15) is 39.3 Å². The predicted octanol–water partition coefficient (Wildman–Crippen LogP) is 1.95. The molecule has 4 nitrogen and oxygen atoms in total. The maximum Gasteiger partial charge on any atom is 0.156 e. The lowest BCUT2D eigenvalue weighted by Gasteiger charge is -2.20. The quantitative estimate of drug-likeness (QED) is 0.888. The maximum atomic E-state index is 11.9. The fourth-order valence-electron chi connectivity index (χ4n) is 1.49. The molecule has 5 heteroatoms. The zero-order valence-corrected chi connectivity index (χ0v) is 12.3. The van der Waals surface area contributed by atoms with Gasteiger partial charge in [0.15, 0.2) is 9.84 Å². The van der Waals surface area contributed by atoms with Gasteiger partial charge in [0.05, 0.1) is 10.5 Å². The van der Waals surface area contributed by atoms with Crippen molar-refractivity contribution >= 4 is 9.84 Å². The zero-order valence-electron chi connectivity index (χ0n) is 11.5. The SMILES string of the molecule is C[C@H](NCCS(=O)(=O)C(C)(C)C)c1ccncc1. The summed E-state index contributed by atoms with van der Waals surface area (Å²) in [4.78, 5) is 3.96. The van der Waals surface area contributed by atoms with Gasteiger partial charge < -0.3 is 5.32 Å². The predicted molar refractivity (Wildman–Crippen MR) is 74.2 cm³/mol. The van der Waals surface area contributed by atoms with Gasteiger partial charge in [-0.25, -0.2) is 8.42 Å². The van der Waals surface area contributed by atoms with E-state index in [-0.39, 0.29) is 11.8 Å². The third kappa shape index (κ3) is 4.07. The molecule has 1 N–H and O–H groups in total. The Morgan fingerprint density at radius 3 is 2.33 bits per heavy atom. The van der Waals surface area contributed by atoms with Crippen molar-refractivity contribution in [3.05, 3.63) is 30.1 Å². The average Bonchev–Trinajstić information content (AvgIpc) is 2.28. The minimum atomic E-state index is -3.05. The van der Waals surface area contributed by atoms with Crippen LogP contribution in [0.4, 0.5) is 0 Å².